The molecule has 28 heavy (non-hydrogen) atoms. The average molecular weight is 452 g/mol. The number of halogens is 6. The SMILES string of the molecule is Cl.FC(F)(F)C1(c2cc(Cl)cc(Cl)c2)CC(c2ccc(C3CNC3)cc2)=NO1. The fourth-order valence-corrected chi connectivity index (χ4v) is 3.84. The fourth-order valence-electron chi connectivity index (χ4n) is 3.32. The van der Waals surface area contributed by atoms with E-state index in [2.05, 4.69) is 10.5 Å². The van der Waals surface area contributed by atoms with Gasteiger partial charge in [0.25, 0.3) is 5.60 Å². The van der Waals surface area contributed by atoms with Crippen molar-refractivity contribution in [2.75, 3.05) is 13.1 Å². The van der Waals surface area contributed by atoms with Crippen molar-refractivity contribution in [3.05, 3.63) is 69.2 Å². The van der Waals surface area contributed by atoms with Crippen molar-refractivity contribution in [3.8, 4) is 0 Å². The summed E-state index contributed by atoms with van der Waals surface area (Å²) in [7, 11) is 0. The predicted molar refractivity (Wildman–Crippen MR) is 106 cm³/mol. The van der Waals surface area contributed by atoms with Gasteiger partial charge in [0.1, 0.15) is 0 Å². The first-order chi connectivity index (χ1) is 12.8. The summed E-state index contributed by atoms with van der Waals surface area (Å²) in [4.78, 5) is 5.01. The van der Waals surface area contributed by atoms with Crippen LogP contribution in [0.1, 0.15) is 29.0 Å². The molecule has 3 nitrogen and oxygen atoms in total. The molecule has 2 heterocycles. The Balaban J connectivity index is 0.00000225. The molecule has 0 spiro atoms. The minimum atomic E-state index is -4.69. The van der Waals surface area contributed by atoms with Crippen LogP contribution in [0.25, 0.3) is 0 Å². The number of nitrogens with zero attached hydrogens (tertiary/aromatic N) is 1. The quantitative estimate of drug-likeness (QED) is 0.651. The second kappa shape index (κ2) is 7.75. The maximum Gasteiger partial charge on any atom is 0.435 e. The summed E-state index contributed by atoms with van der Waals surface area (Å²) in [6.45, 7) is 1.83. The van der Waals surface area contributed by atoms with Crippen molar-refractivity contribution < 1.29 is 18.0 Å². The monoisotopic (exact) mass is 450 g/mol. The fraction of sp³-hybridized carbons (Fsp3) is 0.316. The van der Waals surface area contributed by atoms with E-state index in [1.54, 1.807) is 12.1 Å². The minimum Gasteiger partial charge on any atom is -0.374 e. The maximum absolute atomic E-state index is 14.0. The van der Waals surface area contributed by atoms with Crippen LogP contribution in [0.2, 0.25) is 10.0 Å². The maximum atomic E-state index is 14.0. The number of alkyl halides is 3. The van der Waals surface area contributed by atoms with Crippen molar-refractivity contribution in [1.29, 1.82) is 0 Å². The Labute approximate surface area is 176 Å². The molecule has 2 aromatic carbocycles. The van der Waals surface area contributed by atoms with Crippen LogP contribution in [-0.2, 0) is 10.4 Å². The molecule has 2 aromatic rings. The van der Waals surface area contributed by atoms with Gasteiger partial charge >= 0.3 is 6.18 Å². The van der Waals surface area contributed by atoms with Gasteiger partial charge in [0.15, 0.2) is 0 Å². The molecule has 1 fully saturated rings. The molecule has 1 N–H and O–H groups in total. The lowest BCUT2D eigenvalue weighted by atomic mass is 9.86. The number of oxime groups is 1. The first kappa shape index (κ1) is 21.2. The number of benzene rings is 2. The highest BCUT2D eigenvalue weighted by atomic mass is 35.5. The number of rotatable bonds is 3. The van der Waals surface area contributed by atoms with E-state index < -0.39 is 18.2 Å². The third kappa shape index (κ3) is 3.71. The van der Waals surface area contributed by atoms with Gasteiger partial charge in [-0.3, -0.25) is 0 Å². The van der Waals surface area contributed by atoms with Crippen LogP contribution >= 0.6 is 35.6 Å². The molecule has 1 unspecified atom stereocenters. The van der Waals surface area contributed by atoms with E-state index in [1.165, 1.54) is 18.2 Å². The van der Waals surface area contributed by atoms with Crippen LogP contribution in [0.5, 0.6) is 0 Å². The van der Waals surface area contributed by atoms with Gasteiger partial charge in [-0.25, -0.2) is 0 Å². The molecule has 0 aromatic heterocycles. The zero-order valence-corrected chi connectivity index (χ0v) is 16.7. The highest BCUT2D eigenvalue weighted by Crippen LogP contribution is 2.49. The van der Waals surface area contributed by atoms with Crippen LogP contribution in [0.4, 0.5) is 13.2 Å². The van der Waals surface area contributed by atoms with Gasteiger partial charge in [-0.15, -0.1) is 12.4 Å². The molecule has 0 radical (unpaired) electrons. The van der Waals surface area contributed by atoms with Gasteiger partial charge in [-0.1, -0.05) is 52.6 Å². The lowest BCUT2D eigenvalue weighted by Crippen LogP contribution is -2.42. The molecule has 0 saturated carbocycles. The van der Waals surface area contributed by atoms with E-state index >= 15 is 0 Å². The Morgan fingerprint density at radius 1 is 1.04 bits per heavy atom. The number of nitrogens with one attached hydrogen (secondary N) is 1. The molecule has 1 atom stereocenters. The minimum absolute atomic E-state index is 0. The third-order valence-corrected chi connectivity index (χ3v) is 5.45. The number of hydrogen-bond acceptors (Lipinski definition) is 3. The zero-order valence-electron chi connectivity index (χ0n) is 14.4. The van der Waals surface area contributed by atoms with Crippen LogP contribution < -0.4 is 5.32 Å². The van der Waals surface area contributed by atoms with Crippen LogP contribution in [0.15, 0.2) is 47.6 Å². The van der Waals surface area contributed by atoms with Crippen molar-refractivity contribution >= 4 is 41.3 Å². The molecule has 0 aliphatic carbocycles. The summed E-state index contributed by atoms with van der Waals surface area (Å²) in [5, 5.41) is 7.18. The smallest absolute Gasteiger partial charge is 0.374 e. The van der Waals surface area contributed by atoms with E-state index in [4.69, 9.17) is 28.0 Å². The highest BCUT2D eigenvalue weighted by Gasteiger charge is 2.62. The standard InChI is InChI=1S/C19H15Cl2F3N2O.ClH/c20-15-5-14(6-16(21)7-15)18(19(22,23)24)8-17(26-27-18)12-3-1-11(2-4-12)13-9-25-10-13;/h1-7,13,25H,8-10H2;1H. The van der Waals surface area contributed by atoms with Gasteiger partial charge in [-0.2, -0.15) is 13.2 Å². The van der Waals surface area contributed by atoms with E-state index in [0.717, 1.165) is 18.7 Å². The van der Waals surface area contributed by atoms with Gasteiger partial charge in [0, 0.05) is 41.0 Å². The molecule has 9 heteroatoms. The first-order valence-corrected chi connectivity index (χ1v) is 9.13. The zero-order chi connectivity index (χ0) is 19.2. The van der Waals surface area contributed by atoms with Gasteiger partial charge in [0.2, 0.25) is 0 Å². The molecule has 0 bridgehead atoms. The van der Waals surface area contributed by atoms with Crippen LogP contribution in [0.3, 0.4) is 0 Å². The lowest BCUT2D eigenvalue weighted by Gasteiger charge is -2.29. The Morgan fingerprint density at radius 2 is 1.64 bits per heavy atom. The van der Waals surface area contributed by atoms with Crippen molar-refractivity contribution in [2.45, 2.75) is 24.1 Å². The lowest BCUT2D eigenvalue weighted by molar-refractivity contribution is -0.275. The third-order valence-electron chi connectivity index (χ3n) is 5.01. The van der Waals surface area contributed by atoms with Crippen LogP contribution in [-0.4, -0.2) is 25.0 Å². The summed E-state index contributed by atoms with van der Waals surface area (Å²) in [6, 6.07) is 11.2. The van der Waals surface area contributed by atoms with E-state index in [9.17, 15) is 13.2 Å². The molecular weight excluding hydrogens is 436 g/mol. The van der Waals surface area contributed by atoms with Crippen molar-refractivity contribution in [1.82, 2.24) is 5.32 Å². The Hall–Kier alpha value is -1.47. The summed E-state index contributed by atoms with van der Waals surface area (Å²) in [6.07, 6.45) is -5.14. The van der Waals surface area contributed by atoms with E-state index in [0.29, 0.717) is 11.5 Å². The summed E-state index contributed by atoms with van der Waals surface area (Å²) >= 11 is 11.8. The van der Waals surface area contributed by atoms with Gasteiger partial charge in [-0.05, 0) is 29.3 Å². The van der Waals surface area contributed by atoms with E-state index in [-0.39, 0.29) is 33.7 Å². The molecule has 150 valence electrons. The predicted octanol–water partition coefficient (Wildman–Crippen LogP) is 5.68. The average Bonchev–Trinajstić information content (AvgIpc) is 2.99. The summed E-state index contributed by atoms with van der Waals surface area (Å²) < 4.78 is 42.0. The normalized spacial score (nSPS) is 22.1. The molecule has 4 rings (SSSR count). The molecular formula is C19H16Cl3F3N2O. The topological polar surface area (TPSA) is 33.6 Å². The second-order valence-electron chi connectivity index (χ2n) is 6.77. The first-order valence-electron chi connectivity index (χ1n) is 8.38. The van der Waals surface area contributed by atoms with Crippen molar-refractivity contribution in [2.24, 2.45) is 5.16 Å². The molecule has 2 aliphatic rings. The molecule has 1 saturated heterocycles. The van der Waals surface area contributed by atoms with E-state index in [1.807, 2.05) is 12.1 Å². The van der Waals surface area contributed by atoms with Gasteiger partial charge < -0.3 is 10.2 Å². The molecule has 0 amide bonds. The highest BCUT2D eigenvalue weighted by molar-refractivity contribution is 6.34. The Bertz CT molecular complexity index is 878. The Morgan fingerprint density at radius 3 is 2.14 bits per heavy atom. The molecule has 2 aliphatic heterocycles. The Kier molecular flexibility index (Phi) is 5.88. The largest absolute Gasteiger partial charge is 0.435 e. The van der Waals surface area contributed by atoms with Gasteiger partial charge in [0.05, 0.1) is 5.71 Å². The number of hydrogen-bond donors (Lipinski definition) is 1. The van der Waals surface area contributed by atoms with Crippen molar-refractivity contribution in [3.63, 3.8) is 0 Å². The summed E-state index contributed by atoms with van der Waals surface area (Å²) in [5.74, 6) is 0.448. The van der Waals surface area contributed by atoms with Crippen LogP contribution in [0, 0.1) is 0 Å². The second-order valence-corrected chi connectivity index (χ2v) is 7.64. The summed E-state index contributed by atoms with van der Waals surface area (Å²) in [5.41, 5.74) is -0.774.